The Hall–Kier alpha value is -1.74. The molecule has 0 radical (unpaired) electrons. The lowest BCUT2D eigenvalue weighted by molar-refractivity contribution is -0.679. The molecule has 11 heteroatoms. The fourth-order valence-corrected chi connectivity index (χ4v) is 2.46. The van der Waals surface area contributed by atoms with Gasteiger partial charge in [0, 0.05) is 14.1 Å². The Morgan fingerprint density at radius 1 is 1.50 bits per heavy atom. The molecule has 2 heterocycles. The molecular formula is C11H20N6O4P+. The Bertz CT molecular complexity index is 712. The Morgan fingerprint density at radius 3 is 2.77 bits per heavy atom. The summed E-state index contributed by atoms with van der Waals surface area (Å²) in [7, 11) is -0.487. The number of nitrogen functional groups attached to an aromatic ring is 1. The number of nitrogens with one attached hydrogen (secondary N) is 1. The summed E-state index contributed by atoms with van der Waals surface area (Å²) >= 11 is 0. The molecule has 0 aromatic carbocycles. The first-order chi connectivity index (χ1) is 10.2. The maximum absolute atomic E-state index is 10.8. The van der Waals surface area contributed by atoms with E-state index >= 15 is 0 Å². The lowest BCUT2D eigenvalue weighted by Crippen LogP contribution is -2.39. The molecule has 22 heavy (non-hydrogen) atoms. The van der Waals surface area contributed by atoms with Crippen molar-refractivity contribution >= 4 is 30.5 Å². The summed E-state index contributed by atoms with van der Waals surface area (Å²) in [5.74, 6) is 0.804. The van der Waals surface area contributed by atoms with Gasteiger partial charge in [-0.05, 0) is 6.92 Å². The van der Waals surface area contributed by atoms with Crippen LogP contribution in [0.5, 0.6) is 0 Å². The maximum Gasteiger partial charge on any atom is 0.350 e. The van der Waals surface area contributed by atoms with Crippen LogP contribution >= 0.6 is 7.60 Å². The molecule has 1 atom stereocenters. The van der Waals surface area contributed by atoms with Gasteiger partial charge in [-0.25, -0.2) is 4.57 Å². The van der Waals surface area contributed by atoms with Gasteiger partial charge in [0.2, 0.25) is 5.52 Å². The monoisotopic (exact) mass is 331 g/mol. The molecule has 0 unspecified atom stereocenters. The fraction of sp³-hybridized carbons (Fsp3) is 0.545. The van der Waals surface area contributed by atoms with E-state index < -0.39 is 20.0 Å². The summed E-state index contributed by atoms with van der Waals surface area (Å²) in [6.07, 6.45) is 0.677. The Morgan fingerprint density at radius 2 is 2.18 bits per heavy atom. The van der Waals surface area contributed by atoms with E-state index in [0.29, 0.717) is 18.0 Å². The van der Waals surface area contributed by atoms with E-state index in [1.54, 1.807) is 17.8 Å². The summed E-state index contributed by atoms with van der Waals surface area (Å²) in [5, 5.41) is 0. The molecule has 0 fully saturated rings. The molecule has 0 spiro atoms. The number of fused-ring (bicyclic) bond motifs is 1. The molecule has 0 aliphatic carbocycles. The molecule has 2 rings (SSSR count). The lowest BCUT2D eigenvalue weighted by atomic mass is 10.4. The van der Waals surface area contributed by atoms with Crippen molar-refractivity contribution in [2.24, 2.45) is 0 Å². The minimum Gasteiger partial charge on any atom is -0.363 e. The SMILES string of the molecule is C[C@H](C[n+]1c[nH]c2c(N(C)C)nc(N)nc21)OCP(=O)(O)O. The number of H-pyrrole nitrogens is 1. The second-order valence-corrected chi connectivity index (χ2v) is 6.78. The summed E-state index contributed by atoms with van der Waals surface area (Å²) in [4.78, 5) is 30.9. The van der Waals surface area contributed by atoms with E-state index in [1.165, 1.54) is 0 Å². The van der Waals surface area contributed by atoms with Gasteiger partial charge in [0.25, 0.3) is 5.95 Å². The quantitative estimate of drug-likeness (QED) is 0.407. The first-order valence-electron chi connectivity index (χ1n) is 6.55. The van der Waals surface area contributed by atoms with Crippen molar-refractivity contribution in [2.75, 3.05) is 31.1 Å². The molecule has 2 aromatic rings. The van der Waals surface area contributed by atoms with E-state index in [1.807, 2.05) is 19.0 Å². The zero-order chi connectivity index (χ0) is 16.5. The number of nitrogens with zero attached hydrogens (tertiary/aromatic N) is 4. The highest BCUT2D eigenvalue weighted by atomic mass is 31.2. The molecule has 0 aliphatic rings. The summed E-state index contributed by atoms with van der Waals surface area (Å²) in [6.45, 7) is 2.09. The van der Waals surface area contributed by atoms with Gasteiger partial charge < -0.3 is 25.2 Å². The largest absolute Gasteiger partial charge is 0.363 e. The smallest absolute Gasteiger partial charge is 0.350 e. The van der Waals surface area contributed by atoms with Gasteiger partial charge in [-0.15, -0.1) is 0 Å². The first kappa shape index (κ1) is 16.6. The van der Waals surface area contributed by atoms with Crippen LogP contribution in [-0.2, 0) is 15.8 Å². The minimum atomic E-state index is -4.18. The third-order valence-corrected chi connectivity index (χ3v) is 3.41. The standard InChI is InChI=1S/C11H19N6O4P/c1-7(21-6-22(18,19)20)4-17-5-13-8-9(16(2)3)14-11(12)15-10(8)17/h5,7H,4,6H2,1-3H3,(H4,12,14,15,18,19,20)/p+1/t7-/m1/s1. The number of anilines is 2. The molecule has 0 aliphatic heterocycles. The Labute approximate surface area is 127 Å². The number of aromatic nitrogens is 4. The number of hydrogen-bond acceptors (Lipinski definition) is 6. The van der Waals surface area contributed by atoms with Crippen LogP contribution < -0.4 is 15.2 Å². The van der Waals surface area contributed by atoms with E-state index in [2.05, 4.69) is 15.0 Å². The van der Waals surface area contributed by atoms with Crippen LogP contribution in [0.15, 0.2) is 6.33 Å². The zero-order valence-electron chi connectivity index (χ0n) is 12.6. The number of rotatable bonds is 6. The van der Waals surface area contributed by atoms with Gasteiger partial charge >= 0.3 is 13.2 Å². The molecule has 0 saturated heterocycles. The van der Waals surface area contributed by atoms with E-state index in [0.717, 1.165) is 5.52 Å². The normalized spacial score (nSPS) is 13.5. The predicted octanol–water partition coefficient (Wildman–Crippen LogP) is -0.566. The highest BCUT2D eigenvalue weighted by Crippen LogP contribution is 2.34. The highest BCUT2D eigenvalue weighted by Gasteiger charge is 2.22. The van der Waals surface area contributed by atoms with E-state index in [4.69, 9.17) is 20.3 Å². The third-order valence-electron chi connectivity index (χ3n) is 2.93. The van der Waals surface area contributed by atoms with Gasteiger partial charge in [-0.3, -0.25) is 9.55 Å². The highest BCUT2D eigenvalue weighted by molar-refractivity contribution is 7.51. The van der Waals surface area contributed by atoms with Gasteiger partial charge in [0.15, 0.2) is 12.1 Å². The topological polar surface area (TPSA) is 141 Å². The average Bonchev–Trinajstić information content (AvgIpc) is 2.77. The molecule has 10 nitrogen and oxygen atoms in total. The number of hydrogen-bond donors (Lipinski definition) is 4. The Balaban J connectivity index is 2.24. The first-order valence-corrected chi connectivity index (χ1v) is 8.34. The molecular weight excluding hydrogens is 311 g/mol. The van der Waals surface area contributed by atoms with Crippen LogP contribution in [0, 0.1) is 0 Å². The summed E-state index contributed by atoms with van der Waals surface area (Å²) in [5.41, 5.74) is 7.05. The van der Waals surface area contributed by atoms with Crippen LogP contribution in [0.3, 0.4) is 0 Å². The van der Waals surface area contributed by atoms with Crippen LogP contribution in [0.4, 0.5) is 11.8 Å². The number of imidazole rings is 1. The minimum absolute atomic E-state index is 0.147. The van der Waals surface area contributed by atoms with Gasteiger partial charge in [0.05, 0.1) is 12.6 Å². The molecule has 2 aromatic heterocycles. The van der Waals surface area contributed by atoms with E-state index in [-0.39, 0.29) is 5.95 Å². The van der Waals surface area contributed by atoms with Crippen molar-refractivity contribution in [3.8, 4) is 0 Å². The number of aromatic amines is 1. The average molecular weight is 331 g/mol. The van der Waals surface area contributed by atoms with Gasteiger partial charge in [-0.1, -0.05) is 4.98 Å². The fourth-order valence-electron chi connectivity index (χ4n) is 2.01. The second-order valence-electron chi connectivity index (χ2n) is 5.20. The van der Waals surface area contributed by atoms with Crippen LogP contribution in [0.2, 0.25) is 0 Å². The maximum atomic E-state index is 10.8. The molecule has 5 N–H and O–H groups in total. The molecule has 122 valence electrons. The van der Waals surface area contributed by atoms with Crippen LogP contribution in [-0.4, -0.2) is 51.3 Å². The van der Waals surface area contributed by atoms with Gasteiger partial charge in [-0.2, -0.15) is 4.98 Å². The van der Waals surface area contributed by atoms with Gasteiger partial charge in [0.1, 0.15) is 6.35 Å². The summed E-state index contributed by atoms with van der Waals surface area (Å²) < 4.78 is 17.8. The number of ether oxygens (including phenoxy) is 1. The van der Waals surface area contributed by atoms with Crippen molar-refractivity contribution < 1.29 is 23.7 Å². The third kappa shape index (κ3) is 3.92. The van der Waals surface area contributed by atoms with Crippen molar-refractivity contribution in [3.05, 3.63) is 6.33 Å². The molecule has 0 amide bonds. The Kier molecular flexibility index (Phi) is 4.66. The molecule has 0 bridgehead atoms. The summed E-state index contributed by atoms with van der Waals surface area (Å²) in [6, 6.07) is 0. The van der Waals surface area contributed by atoms with Crippen molar-refractivity contribution in [1.29, 1.82) is 0 Å². The number of nitrogens with two attached hydrogens (primary N) is 1. The van der Waals surface area contributed by atoms with Crippen molar-refractivity contribution in [3.63, 3.8) is 0 Å². The van der Waals surface area contributed by atoms with Crippen LogP contribution in [0.25, 0.3) is 11.2 Å². The second kappa shape index (κ2) is 6.17. The van der Waals surface area contributed by atoms with E-state index in [9.17, 15) is 4.57 Å². The van der Waals surface area contributed by atoms with Crippen molar-refractivity contribution in [2.45, 2.75) is 19.6 Å². The zero-order valence-corrected chi connectivity index (χ0v) is 13.5. The van der Waals surface area contributed by atoms with Crippen molar-refractivity contribution in [1.82, 2.24) is 15.0 Å². The molecule has 0 saturated carbocycles. The predicted molar refractivity (Wildman–Crippen MR) is 80.3 cm³/mol. The van der Waals surface area contributed by atoms with Crippen LogP contribution in [0.1, 0.15) is 6.92 Å². The lowest BCUT2D eigenvalue weighted by Gasteiger charge is -2.12.